The molecule has 0 radical (unpaired) electrons. The first-order valence-electron chi connectivity index (χ1n) is 14.5. The van der Waals surface area contributed by atoms with Crippen LogP contribution >= 0.6 is 0 Å². The summed E-state index contributed by atoms with van der Waals surface area (Å²) in [7, 11) is 1.49. The maximum atomic E-state index is 12.4. The summed E-state index contributed by atoms with van der Waals surface area (Å²) < 4.78 is 11.9. The summed E-state index contributed by atoms with van der Waals surface area (Å²) in [6.45, 7) is 8.07. The molecule has 0 bridgehead atoms. The van der Waals surface area contributed by atoms with Gasteiger partial charge in [0, 0.05) is 19.3 Å². The number of fused-ring (bicyclic) bond motifs is 5. The van der Waals surface area contributed by atoms with Crippen molar-refractivity contribution >= 4 is 11.8 Å². The molecule has 1 aromatic carbocycles. The van der Waals surface area contributed by atoms with E-state index in [1.54, 1.807) is 0 Å². The average molecular weight is 495 g/mol. The van der Waals surface area contributed by atoms with Gasteiger partial charge in [-0.3, -0.25) is 9.59 Å². The third kappa shape index (κ3) is 4.46. The molecule has 0 N–H and O–H groups in total. The van der Waals surface area contributed by atoms with E-state index in [1.165, 1.54) is 38.4 Å². The highest BCUT2D eigenvalue weighted by Crippen LogP contribution is 2.68. The maximum Gasteiger partial charge on any atom is 0.305 e. The highest BCUT2D eigenvalue weighted by Gasteiger charge is 2.64. The molecular weight excluding hydrogens is 448 g/mol. The van der Waals surface area contributed by atoms with Crippen LogP contribution in [0, 0.1) is 46.3 Å². The molecule has 4 heteroatoms. The predicted molar refractivity (Wildman–Crippen MR) is 141 cm³/mol. The van der Waals surface area contributed by atoms with E-state index in [0.29, 0.717) is 48.4 Å². The zero-order valence-electron chi connectivity index (χ0n) is 22.8. The van der Waals surface area contributed by atoms with Crippen LogP contribution in [0.15, 0.2) is 30.3 Å². The van der Waals surface area contributed by atoms with Gasteiger partial charge >= 0.3 is 5.97 Å². The SMILES string of the molecule is COC(=O)CC[C@@H](C)[C@H]1CC[C@H]2[C@@H]3CCC4CC(=O)CC[C@]4(C)[C@H]3CC(OCc3ccccc3)[C@]12C. The molecule has 4 saturated carbocycles. The molecule has 0 amide bonds. The van der Waals surface area contributed by atoms with Crippen LogP contribution in [0.2, 0.25) is 0 Å². The van der Waals surface area contributed by atoms with Gasteiger partial charge in [-0.25, -0.2) is 0 Å². The number of ether oxygens (including phenoxy) is 2. The summed E-state index contributed by atoms with van der Waals surface area (Å²) >= 11 is 0. The Morgan fingerprint density at radius 1 is 1.08 bits per heavy atom. The minimum atomic E-state index is -0.0970. The Kier molecular flexibility index (Phi) is 7.38. The minimum absolute atomic E-state index is 0.0970. The number of Topliss-reactive ketones (excluding diaryl/α,β-unsaturated/α-hetero) is 1. The number of carbonyl (C=O) groups is 2. The normalized spacial score (nSPS) is 40.6. The van der Waals surface area contributed by atoms with Gasteiger partial charge in [0.15, 0.2) is 0 Å². The van der Waals surface area contributed by atoms with Crippen LogP contribution < -0.4 is 0 Å². The lowest BCUT2D eigenvalue weighted by Crippen LogP contribution is -2.59. The molecule has 0 saturated heterocycles. The second-order valence-electron chi connectivity index (χ2n) is 13.1. The van der Waals surface area contributed by atoms with E-state index in [-0.39, 0.29) is 22.9 Å². The monoisotopic (exact) mass is 494 g/mol. The largest absolute Gasteiger partial charge is 0.469 e. The highest BCUT2D eigenvalue weighted by atomic mass is 16.5. The summed E-state index contributed by atoms with van der Waals surface area (Å²) in [4.78, 5) is 24.3. The number of hydrogen-bond acceptors (Lipinski definition) is 4. The summed E-state index contributed by atoms with van der Waals surface area (Å²) in [5, 5.41) is 0. The van der Waals surface area contributed by atoms with Gasteiger partial charge in [-0.1, -0.05) is 51.1 Å². The molecule has 5 rings (SSSR count). The minimum Gasteiger partial charge on any atom is -0.469 e. The lowest BCUT2D eigenvalue weighted by atomic mass is 9.43. The summed E-state index contributed by atoms with van der Waals surface area (Å²) in [5.41, 5.74) is 1.63. The van der Waals surface area contributed by atoms with Crippen molar-refractivity contribution in [2.75, 3.05) is 7.11 Å². The van der Waals surface area contributed by atoms with Crippen LogP contribution in [0.4, 0.5) is 0 Å². The molecule has 4 nitrogen and oxygen atoms in total. The summed E-state index contributed by atoms with van der Waals surface area (Å²) in [6.07, 6.45) is 10.3. The summed E-state index contributed by atoms with van der Waals surface area (Å²) in [6, 6.07) is 10.6. The summed E-state index contributed by atoms with van der Waals surface area (Å²) in [5.74, 6) is 4.01. The fraction of sp³-hybridized carbons (Fsp3) is 0.750. The van der Waals surface area contributed by atoms with Crippen molar-refractivity contribution in [1.82, 2.24) is 0 Å². The molecule has 9 atom stereocenters. The first-order valence-corrected chi connectivity index (χ1v) is 14.5. The van der Waals surface area contributed by atoms with Gasteiger partial charge in [0.2, 0.25) is 0 Å². The van der Waals surface area contributed by atoms with Gasteiger partial charge in [0.25, 0.3) is 0 Å². The lowest BCUT2D eigenvalue weighted by Gasteiger charge is -2.62. The van der Waals surface area contributed by atoms with Crippen LogP contribution in [0.1, 0.15) is 90.5 Å². The van der Waals surface area contributed by atoms with E-state index >= 15 is 0 Å². The third-order valence-electron chi connectivity index (χ3n) is 11.6. The van der Waals surface area contributed by atoms with Crippen molar-refractivity contribution < 1.29 is 19.1 Å². The van der Waals surface area contributed by atoms with E-state index in [1.807, 2.05) is 0 Å². The van der Waals surface area contributed by atoms with Crippen LogP contribution in [-0.4, -0.2) is 25.0 Å². The molecule has 0 aliphatic heterocycles. The van der Waals surface area contributed by atoms with E-state index in [2.05, 4.69) is 51.1 Å². The predicted octanol–water partition coefficient (Wildman–Crippen LogP) is 7.00. The Balaban J connectivity index is 1.43. The third-order valence-corrected chi connectivity index (χ3v) is 11.6. The van der Waals surface area contributed by atoms with E-state index in [4.69, 9.17) is 9.47 Å². The second-order valence-corrected chi connectivity index (χ2v) is 13.1. The number of hydrogen-bond donors (Lipinski definition) is 0. The molecular formula is C32H46O4. The van der Waals surface area contributed by atoms with Crippen LogP contribution in [-0.2, 0) is 25.7 Å². The molecule has 4 aliphatic rings. The molecule has 198 valence electrons. The fourth-order valence-corrected chi connectivity index (χ4v) is 9.61. The molecule has 4 aliphatic carbocycles. The standard InChI is InChI=1S/C32H46O4/c1-21(10-15-30(34)35-4)26-13-14-27-25-12-11-23-18-24(33)16-17-31(23,2)28(25)19-29(32(26,27)3)36-20-22-8-6-5-7-9-22/h5-9,21,23,25-29H,10-20H2,1-4H3/t21-,23?,25+,26-,27+,28+,29?,31+,32-/m1/s1. The molecule has 0 spiro atoms. The van der Waals surface area contributed by atoms with Gasteiger partial charge in [-0.15, -0.1) is 0 Å². The second kappa shape index (κ2) is 10.2. The lowest BCUT2D eigenvalue weighted by molar-refractivity contribution is -0.189. The van der Waals surface area contributed by atoms with Crippen LogP contribution in [0.3, 0.4) is 0 Å². The molecule has 0 heterocycles. The number of esters is 1. The molecule has 1 aromatic rings. The number of ketones is 1. The van der Waals surface area contributed by atoms with Crippen molar-refractivity contribution in [1.29, 1.82) is 0 Å². The molecule has 2 unspecified atom stereocenters. The topological polar surface area (TPSA) is 52.6 Å². The molecule has 36 heavy (non-hydrogen) atoms. The Morgan fingerprint density at radius 2 is 1.86 bits per heavy atom. The Labute approximate surface area is 217 Å². The van der Waals surface area contributed by atoms with Gasteiger partial charge in [0.05, 0.1) is 19.8 Å². The van der Waals surface area contributed by atoms with Crippen molar-refractivity contribution in [3.05, 3.63) is 35.9 Å². The smallest absolute Gasteiger partial charge is 0.305 e. The van der Waals surface area contributed by atoms with Crippen molar-refractivity contribution in [3.8, 4) is 0 Å². The Morgan fingerprint density at radius 3 is 2.61 bits per heavy atom. The van der Waals surface area contributed by atoms with Crippen molar-refractivity contribution in [3.63, 3.8) is 0 Å². The van der Waals surface area contributed by atoms with Crippen LogP contribution in [0.25, 0.3) is 0 Å². The van der Waals surface area contributed by atoms with Gasteiger partial charge in [-0.05, 0) is 96.8 Å². The van der Waals surface area contributed by atoms with Crippen LogP contribution in [0.5, 0.6) is 0 Å². The van der Waals surface area contributed by atoms with E-state index in [9.17, 15) is 9.59 Å². The highest BCUT2D eigenvalue weighted by molar-refractivity contribution is 5.79. The molecule has 4 fully saturated rings. The van der Waals surface area contributed by atoms with Gasteiger partial charge in [0.1, 0.15) is 5.78 Å². The fourth-order valence-electron chi connectivity index (χ4n) is 9.61. The first kappa shape index (κ1) is 25.9. The number of methoxy groups -OCH3 is 1. The Hall–Kier alpha value is -1.68. The number of carbonyl (C=O) groups excluding carboxylic acids is 2. The van der Waals surface area contributed by atoms with Gasteiger partial charge in [-0.2, -0.15) is 0 Å². The van der Waals surface area contributed by atoms with Gasteiger partial charge < -0.3 is 9.47 Å². The quantitative estimate of drug-likeness (QED) is 0.383. The average Bonchev–Trinajstić information content (AvgIpc) is 3.25. The van der Waals surface area contributed by atoms with E-state index in [0.717, 1.165) is 38.0 Å². The molecule has 0 aromatic heterocycles. The number of rotatable bonds is 7. The van der Waals surface area contributed by atoms with Crippen molar-refractivity contribution in [2.45, 2.75) is 97.7 Å². The zero-order chi connectivity index (χ0) is 25.5. The number of benzene rings is 1. The van der Waals surface area contributed by atoms with Crippen molar-refractivity contribution in [2.24, 2.45) is 46.3 Å². The zero-order valence-corrected chi connectivity index (χ0v) is 22.8. The maximum absolute atomic E-state index is 12.4. The Bertz CT molecular complexity index is 943. The van der Waals surface area contributed by atoms with E-state index < -0.39 is 0 Å². The first-order chi connectivity index (χ1) is 17.3.